The van der Waals surface area contributed by atoms with Crippen molar-refractivity contribution in [1.82, 2.24) is 14.9 Å². The van der Waals surface area contributed by atoms with Crippen molar-refractivity contribution in [3.05, 3.63) is 11.6 Å². The van der Waals surface area contributed by atoms with Crippen LogP contribution in [0.3, 0.4) is 0 Å². The molecule has 1 heterocycles. The van der Waals surface area contributed by atoms with Gasteiger partial charge in [0.25, 0.3) is 0 Å². The van der Waals surface area contributed by atoms with E-state index in [0.29, 0.717) is 11.6 Å². The maximum absolute atomic E-state index is 11.5. The van der Waals surface area contributed by atoms with E-state index in [2.05, 4.69) is 21.5 Å². The molecule has 0 aromatic heterocycles. The second kappa shape index (κ2) is 6.56. The zero-order valence-corrected chi connectivity index (χ0v) is 10.8. The molecule has 0 saturated carbocycles. The molecule has 0 aromatic rings. The Morgan fingerprint density at radius 2 is 2.06 bits per heavy atom. The van der Waals surface area contributed by atoms with E-state index in [1.807, 2.05) is 0 Å². The minimum absolute atomic E-state index is 0.103. The molecule has 0 spiro atoms. The van der Waals surface area contributed by atoms with Gasteiger partial charge in [-0.1, -0.05) is 18.2 Å². The summed E-state index contributed by atoms with van der Waals surface area (Å²) in [6.07, 6.45) is 0. The number of piperazine rings is 1. The van der Waals surface area contributed by atoms with Crippen LogP contribution in [-0.2, 0) is 10.0 Å². The molecule has 16 heavy (non-hydrogen) atoms. The number of nitrogens with one attached hydrogen (secondary N) is 2. The van der Waals surface area contributed by atoms with Crippen molar-refractivity contribution in [2.75, 3.05) is 45.0 Å². The van der Waals surface area contributed by atoms with Crippen molar-refractivity contribution in [3.8, 4) is 0 Å². The zero-order valence-electron chi connectivity index (χ0n) is 9.21. The fourth-order valence-electron chi connectivity index (χ4n) is 1.44. The Kier molecular flexibility index (Phi) is 5.71. The van der Waals surface area contributed by atoms with Crippen molar-refractivity contribution in [2.45, 2.75) is 0 Å². The van der Waals surface area contributed by atoms with E-state index in [1.165, 1.54) is 0 Å². The van der Waals surface area contributed by atoms with Gasteiger partial charge in [0.15, 0.2) is 0 Å². The van der Waals surface area contributed by atoms with Crippen LogP contribution in [0.1, 0.15) is 0 Å². The Morgan fingerprint density at radius 1 is 1.44 bits per heavy atom. The molecule has 7 heteroatoms. The summed E-state index contributed by atoms with van der Waals surface area (Å²) in [6, 6.07) is 0. The smallest absolute Gasteiger partial charge is 0.213 e. The van der Waals surface area contributed by atoms with Crippen LogP contribution in [0.2, 0.25) is 0 Å². The highest BCUT2D eigenvalue weighted by molar-refractivity contribution is 7.89. The number of hydrogen-bond donors (Lipinski definition) is 2. The van der Waals surface area contributed by atoms with Crippen LogP contribution in [0, 0.1) is 0 Å². The highest BCUT2D eigenvalue weighted by atomic mass is 35.5. The SMILES string of the molecule is C=C(Cl)CNS(=O)(=O)CCN1CCNCC1. The van der Waals surface area contributed by atoms with E-state index >= 15 is 0 Å². The topological polar surface area (TPSA) is 61.4 Å². The van der Waals surface area contributed by atoms with Crippen LogP contribution in [0.25, 0.3) is 0 Å². The molecule has 2 N–H and O–H groups in total. The first kappa shape index (κ1) is 13.9. The van der Waals surface area contributed by atoms with E-state index < -0.39 is 10.0 Å². The number of sulfonamides is 1. The van der Waals surface area contributed by atoms with Crippen LogP contribution in [0.5, 0.6) is 0 Å². The molecule has 1 fully saturated rings. The van der Waals surface area contributed by atoms with Crippen molar-refractivity contribution in [1.29, 1.82) is 0 Å². The number of hydrogen-bond acceptors (Lipinski definition) is 4. The van der Waals surface area contributed by atoms with Gasteiger partial charge in [0.1, 0.15) is 0 Å². The average Bonchev–Trinajstić information content (AvgIpc) is 2.26. The van der Waals surface area contributed by atoms with E-state index in [0.717, 1.165) is 26.2 Å². The molecule has 0 radical (unpaired) electrons. The monoisotopic (exact) mass is 267 g/mol. The molecule has 5 nitrogen and oxygen atoms in total. The summed E-state index contributed by atoms with van der Waals surface area (Å²) in [5.41, 5.74) is 0. The standard InChI is InChI=1S/C9H18ClN3O2S/c1-9(10)8-12-16(14,15)7-6-13-4-2-11-3-5-13/h11-12H,1-8H2. The molecule has 1 saturated heterocycles. The van der Waals surface area contributed by atoms with Gasteiger partial charge in [0, 0.05) is 44.3 Å². The number of halogens is 1. The third-order valence-electron chi connectivity index (χ3n) is 2.37. The molecule has 94 valence electrons. The summed E-state index contributed by atoms with van der Waals surface area (Å²) >= 11 is 5.49. The Labute approximate surface area is 102 Å². The summed E-state index contributed by atoms with van der Waals surface area (Å²) < 4.78 is 25.4. The van der Waals surface area contributed by atoms with Crippen LogP contribution in [-0.4, -0.2) is 58.3 Å². The lowest BCUT2D eigenvalue weighted by Gasteiger charge is -2.26. The molecular weight excluding hydrogens is 250 g/mol. The molecule has 0 bridgehead atoms. The summed E-state index contributed by atoms with van der Waals surface area (Å²) in [4.78, 5) is 2.13. The molecule has 0 amide bonds. The second-order valence-corrected chi connectivity index (χ2v) is 6.21. The fraction of sp³-hybridized carbons (Fsp3) is 0.778. The van der Waals surface area contributed by atoms with Crippen LogP contribution in [0.4, 0.5) is 0 Å². The summed E-state index contributed by atoms with van der Waals surface area (Å²) in [5.74, 6) is 0.108. The maximum atomic E-state index is 11.5. The highest BCUT2D eigenvalue weighted by Gasteiger charge is 2.14. The molecule has 1 aliphatic rings. The average molecular weight is 268 g/mol. The first-order valence-corrected chi connectivity index (χ1v) is 7.26. The molecular formula is C9H18ClN3O2S. The highest BCUT2D eigenvalue weighted by Crippen LogP contribution is 1.97. The maximum Gasteiger partial charge on any atom is 0.213 e. The van der Waals surface area contributed by atoms with Crippen molar-refractivity contribution in [2.24, 2.45) is 0 Å². The van der Waals surface area contributed by atoms with Crippen molar-refractivity contribution < 1.29 is 8.42 Å². The van der Waals surface area contributed by atoms with E-state index in [9.17, 15) is 8.42 Å². The molecule has 0 unspecified atom stereocenters. The number of rotatable bonds is 6. The van der Waals surface area contributed by atoms with Crippen LogP contribution in [0.15, 0.2) is 11.6 Å². The van der Waals surface area contributed by atoms with Crippen LogP contribution >= 0.6 is 11.6 Å². The Morgan fingerprint density at radius 3 is 2.62 bits per heavy atom. The minimum atomic E-state index is -3.23. The third kappa shape index (κ3) is 5.81. The van der Waals surface area contributed by atoms with Gasteiger partial charge < -0.3 is 5.32 Å². The lowest BCUT2D eigenvalue weighted by atomic mass is 10.4. The van der Waals surface area contributed by atoms with E-state index in [-0.39, 0.29) is 12.3 Å². The molecule has 1 rings (SSSR count). The first-order chi connectivity index (χ1) is 7.49. The fourth-order valence-corrected chi connectivity index (χ4v) is 2.63. The van der Waals surface area contributed by atoms with Gasteiger partial charge in [-0.25, -0.2) is 13.1 Å². The lowest BCUT2D eigenvalue weighted by molar-refractivity contribution is 0.253. The second-order valence-electron chi connectivity index (χ2n) is 3.75. The normalized spacial score (nSPS) is 18.6. The quantitative estimate of drug-likeness (QED) is 0.685. The van der Waals surface area contributed by atoms with Gasteiger partial charge in [-0.05, 0) is 0 Å². The zero-order chi connectivity index (χ0) is 12.0. The predicted molar refractivity (Wildman–Crippen MR) is 66.1 cm³/mol. The summed E-state index contributed by atoms with van der Waals surface area (Å²) in [5, 5.41) is 3.51. The van der Waals surface area contributed by atoms with Gasteiger partial charge >= 0.3 is 0 Å². The first-order valence-electron chi connectivity index (χ1n) is 5.23. The van der Waals surface area contributed by atoms with Crippen molar-refractivity contribution in [3.63, 3.8) is 0 Å². The van der Waals surface area contributed by atoms with Gasteiger partial charge in [0.05, 0.1) is 5.75 Å². The largest absolute Gasteiger partial charge is 0.314 e. The van der Waals surface area contributed by atoms with E-state index in [4.69, 9.17) is 11.6 Å². The molecule has 0 atom stereocenters. The summed E-state index contributed by atoms with van der Waals surface area (Å²) in [6.45, 7) is 7.74. The lowest BCUT2D eigenvalue weighted by Crippen LogP contribution is -2.46. The Balaban J connectivity index is 2.26. The molecule has 0 aliphatic carbocycles. The Bertz CT molecular complexity index is 326. The Hall–Kier alpha value is -0.140. The van der Waals surface area contributed by atoms with Gasteiger partial charge in [-0.2, -0.15) is 0 Å². The van der Waals surface area contributed by atoms with Gasteiger partial charge in [-0.3, -0.25) is 4.90 Å². The predicted octanol–water partition coefficient (Wildman–Crippen LogP) is -0.436. The third-order valence-corrected chi connectivity index (χ3v) is 3.81. The summed E-state index contributed by atoms with van der Waals surface area (Å²) in [7, 11) is -3.23. The molecule has 1 aliphatic heterocycles. The number of nitrogens with zero attached hydrogens (tertiary/aromatic N) is 1. The minimum Gasteiger partial charge on any atom is -0.314 e. The van der Waals surface area contributed by atoms with Gasteiger partial charge in [0.2, 0.25) is 10.0 Å². The van der Waals surface area contributed by atoms with Gasteiger partial charge in [-0.15, -0.1) is 0 Å². The molecule has 0 aromatic carbocycles. The van der Waals surface area contributed by atoms with Crippen molar-refractivity contribution >= 4 is 21.6 Å². The van der Waals surface area contributed by atoms with Crippen LogP contribution < -0.4 is 10.0 Å². The van der Waals surface area contributed by atoms with E-state index in [1.54, 1.807) is 0 Å².